The number of aliphatic carboxylic acids is 1. The number of nitrogens with one attached hydrogen (secondary N) is 2. The van der Waals surface area contributed by atoms with E-state index in [0.29, 0.717) is 6.92 Å². The van der Waals surface area contributed by atoms with Gasteiger partial charge in [-0.1, -0.05) is 0 Å². The maximum Gasteiger partial charge on any atom is 0.422 e. The molecule has 9 heteroatoms. The summed E-state index contributed by atoms with van der Waals surface area (Å²) in [5.41, 5.74) is -3.31. The van der Waals surface area contributed by atoms with Crippen molar-refractivity contribution in [1.82, 2.24) is 15.5 Å². The SMILES string of the molecule is CN1CCCC1CNC(=O)NC(C)(C(=O)O)C(F)(F)F. The Hall–Kier alpha value is -1.51. The Morgan fingerprint density at radius 1 is 1.40 bits per heavy atom. The third-order valence-electron chi connectivity index (χ3n) is 3.53. The van der Waals surface area contributed by atoms with Crippen LogP contribution in [-0.4, -0.2) is 59.9 Å². The van der Waals surface area contributed by atoms with Crippen LogP contribution in [0.1, 0.15) is 19.8 Å². The summed E-state index contributed by atoms with van der Waals surface area (Å²) in [6, 6.07) is -1.09. The van der Waals surface area contributed by atoms with E-state index in [9.17, 15) is 22.8 Å². The molecule has 3 N–H and O–H groups in total. The van der Waals surface area contributed by atoms with E-state index in [1.807, 2.05) is 11.9 Å². The summed E-state index contributed by atoms with van der Waals surface area (Å²) in [4.78, 5) is 24.2. The van der Waals surface area contributed by atoms with Gasteiger partial charge < -0.3 is 20.6 Å². The first-order chi connectivity index (χ1) is 9.08. The molecular formula is C11H18F3N3O3. The van der Waals surface area contributed by atoms with E-state index in [1.165, 1.54) is 5.32 Å². The number of hydrogen-bond acceptors (Lipinski definition) is 3. The molecule has 1 aliphatic heterocycles. The van der Waals surface area contributed by atoms with Crippen molar-refractivity contribution in [2.45, 2.75) is 37.5 Å². The number of hydrogen-bond donors (Lipinski definition) is 3. The number of urea groups is 1. The topological polar surface area (TPSA) is 81.7 Å². The van der Waals surface area contributed by atoms with Gasteiger partial charge in [0.05, 0.1) is 0 Å². The van der Waals surface area contributed by atoms with Crippen molar-refractivity contribution in [2.24, 2.45) is 0 Å². The minimum Gasteiger partial charge on any atom is -0.479 e. The lowest BCUT2D eigenvalue weighted by atomic mass is 10.0. The average molecular weight is 297 g/mol. The first-order valence-electron chi connectivity index (χ1n) is 6.14. The van der Waals surface area contributed by atoms with Crippen LogP contribution >= 0.6 is 0 Å². The van der Waals surface area contributed by atoms with Gasteiger partial charge >= 0.3 is 18.2 Å². The lowest BCUT2D eigenvalue weighted by Crippen LogP contribution is -2.64. The van der Waals surface area contributed by atoms with E-state index >= 15 is 0 Å². The Morgan fingerprint density at radius 3 is 2.40 bits per heavy atom. The summed E-state index contributed by atoms with van der Waals surface area (Å²) in [6.45, 7) is 1.45. The Bertz CT molecular complexity index is 389. The van der Waals surface area contributed by atoms with Gasteiger partial charge in [0.25, 0.3) is 0 Å². The smallest absolute Gasteiger partial charge is 0.422 e. The van der Waals surface area contributed by atoms with Gasteiger partial charge in [0, 0.05) is 12.6 Å². The van der Waals surface area contributed by atoms with Crippen LogP contribution in [0.5, 0.6) is 0 Å². The van der Waals surface area contributed by atoms with Crippen molar-refractivity contribution >= 4 is 12.0 Å². The first-order valence-corrected chi connectivity index (χ1v) is 6.14. The number of nitrogens with zero attached hydrogens (tertiary/aromatic N) is 1. The third-order valence-corrected chi connectivity index (χ3v) is 3.53. The van der Waals surface area contributed by atoms with Crippen molar-refractivity contribution in [3.8, 4) is 0 Å². The zero-order valence-corrected chi connectivity index (χ0v) is 11.3. The summed E-state index contributed by atoms with van der Waals surface area (Å²) >= 11 is 0. The molecule has 1 rings (SSSR count). The molecule has 20 heavy (non-hydrogen) atoms. The number of carbonyl (C=O) groups excluding carboxylic acids is 1. The fourth-order valence-electron chi connectivity index (χ4n) is 1.96. The highest BCUT2D eigenvalue weighted by Crippen LogP contribution is 2.30. The van der Waals surface area contributed by atoms with Gasteiger partial charge in [-0.05, 0) is 33.4 Å². The van der Waals surface area contributed by atoms with Crippen LogP contribution in [0.15, 0.2) is 0 Å². The van der Waals surface area contributed by atoms with E-state index in [0.717, 1.165) is 19.4 Å². The summed E-state index contributed by atoms with van der Waals surface area (Å²) < 4.78 is 38.1. The highest BCUT2D eigenvalue weighted by atomic mass is 19.4. The number of alkyl halides is 3. The van der Waals surface area contributed by atoms with Gasteiger partial charge in [0.2, 0.25) is 5.54 Å². The standard InChI is InChI=1S/C11H18F3N3O3/c1-10(8(18)19,11(12,13)14)16-9(20)15-6-7-4-3-5-17(7)2/h7H,3-6H2,1-2H3,(H,18,19)(H2,15,16,20). The van der Waals surface area contributed by atoms with Crippen LogP contribution < -0.4 is 10.6 Å². The Balaban J connectivity index is 2.57. The number of rotatable bonds is 4. The third kappa shape index (κ3) is 3.53. The largest absolute Gasteiger partial charge is 0.479 e. The molecule has 1 saturated heterocycles. The van der Waals surface area contributed by atoms with Gasteiger partial charge in [-0.3, -0.25) is 0 Å². The van der Waals surface area contributed by atoms with Crippen molar-refractivity contribution in [3.63, 3.8) is 0 Å². The van der Waals surface area contributed by atoms with Crippen LogP contribution in [-0.2, 0) is 4.79 Å². The Kier molecular flexibility index (Phi) is 4.85. The highest BCUT2D eigenvalue weighted by Gasteiger charge is 2.58. The number of carboxylic acid groups (broad SMARTS) is 1. The maximum atomic E-state index is 12.7. The molecule has 2 unspecified atom stereocenters. The van der Waals surface area contributed by atoms with Crippen molar-refractivity contribution in [3.05, 3.63) is 0 Å². The molecule has 1 fully saturated rings. The molecule has 0 saturated carbocycles. The molecule has 0 aromatic rings. The first kappa shape index (κ1) is 16.5. The van der Waals surface area contributed by atoms with Gasteiger partial charge in [0.15, 0.2) is 0 Å². The quantitative estimate of drug-likeness (QED) is 0.716. The lowest BCUT2D eigenvalue weighted by molar-refractivity contribution is -0.203. The van der Waals surface area contributed by atoms with Crippen molar-refractivity contribution in [1.29, 1.82) is 0 Å². The molecule has 0 aromatic heterocycles. The fraction of sp³-hybridized carbons (Fsp3) is 0.818. The van der Waals surface area contributed by atoms with E-state index in [4.69, 9.17) is 5.11 Å². The van der Waals surface area contributed by atoms with E-state index in [2.05, 4.69) is 5.32 Å². The van der Waals surface area contributed by atoms with Crippen LogP contribution in [0.2, 0.25) is 0 Å². The summed E-state index contributed by atoms with van der Waals surface area (Å²) in [7, 11) is 1.86. The summed E-state index contributed by atoms with van der Waals surface area (Å²) in [6.07, 6.45) is -3.29. The molecule has 116 valence electrons. The number of amides is 2. The van der Waals surface area contributed by atoms with Gasteiger partial charge in [-0.15, -0.1) is 0 Å². The average Bonchev–Trinajstić information content (AvgIpc) is 2.70. The lowest BCUT2D eigenvalue weighted by Gasteiger charge is -2.29. The Morgan fingerprint density at radius 2 is 2.00 bits per heavy atom. The number of likely N-dealkylation sites (N-methyl/N-ethyl adjacent to an activating group) is 1. The molecule has 0 radical (unpaired) electrons. The molecule has 2 atom stereocenters. The number of halogens is 3. The maximum absolute atomic E-state index is 12.7. The second-order valence-electron chi connectivity index (χ2n) is 5.04. The molecule has 0 aromatic carbocycles. The number of carbonyl (C=O) groups is 2. The molecule has 2 amide bonds. The van der Waals surface area contributed by atoms with Crippen LogP contribution in [0.25, 0.3) is 0 Å². The highest BCUT2D eigenvalue weighted by molar-refractivity contribution is 5.86. The van der Waals surface area contributed by atoms with Gasteiger partial charge in [-0.25, -0.2) is 9.59 Å². The summed E-state index contributed by atoms with van der Waals surface area (Å²) in [5, 5.41) is 12.4. The van der Waals surface area contributed by atoms with Crippen LogP contribution in [0, 0.1) is 0 Å². The van der Waals surface area contributed by atoms with E-state index < -0.39 is 23.7 Å². The van der Waals surface area contributed by atoms with Crippen molar-refractivity contribution < 1.29 is 27.9 Å². The molecule has 6 nitrogen and oxygen atoms in total. The zero-order valence-electron chi connectivity index (χ0n) is 11.3. The van der Waals surface area contributed by atoms with Gasteiger partial charge in [-0.2, -0.15) is 13.2 Å². The molecule has 1 heterocycles. The Labute approximate surface area is 114 Å². The molecule has 0 bridgehead atoms. The number of likely N-dealkylation sites (tertiary alicyclic amines) is 1. The zero-order chi connectivity index (χ0) is 15.6. The normalized spacial score (nSPS) is 23.1. The van der Waals surface area contributed by atoms with E-state index in [-0.39, 0.29) is 12.6 Å². The monoisotopic (exact) mass is 297 g/mol. The summed E-state index contributed by atoms with van der Waals surface area (Å²) in [5.74, 6) is -2.15. The van der Waals surface area contributed by atoms with Gasteiger partial charge in [0.1, 0.15) is 0 Å². The molecule has 0 spiro atoms. The fourth-order valence-corrected chi connectivity index (χ4v) is 1.96. The molecule has 0 aliphatic carbocycles. The molecule has 1 aliphatic rings. The van der Waals surface area contributed by atoms with Crippen molar-refractivity contribution in [2.75, 3.05) is 20.1 Å². The van der Waals surface area contributed by atoms with Crippen LogP contribution in [0.3, 0.4) is 0 Å². The predicted octanol–water partition coefficient (Wildman–Crippen LogP) is 0.785. The second-order valence-corrected chi connectivity index (χ2v) is 5.04. The number of carboxylic acids is 1. The molecular weight excluding hydrogens is 279 g/mol. The second kappa shape index (κ2) is 5.86. The van der Waals surface area contributed by atoms with E-state index in [1.54, 1.807) is 0 Å². The van der Waals surface area contributed by atoms with Crippen LogP contribution in [0.4, 0.5) is 18.0 Å². The minimum absolute atomic E-state index is 0.0581. The predicted molar refractivity (Wildman–Crippen MR) is 64.3 cm³/mol. The minimum atomic E-state index is -5.08.